The lowest BCUT2D eigenvalue weighted by Crippen LogP contribution is -2.48. The van der Waals surface area contributed by atoms with E-state index < -0.39 is 6.04 Å². The first-order chi connectivity index (χ1) is 14.0. The monoisotopic (exact) mass is 392 g/mol. The van der Waals surface area contributed by atoms with E-state index in [0.717, 1.165) is 37.9 Å². The van der Waals surface area contributed by atoms with Crippen LogP contribution in [0.5, 0.6) is 0 Å². The molecule has 3 heterocycles. The van der Waals surface area contributed by atoms with E-state index in [4.69, 9.17) is 4.52 Å². The molecule has 1 fully saturated rings. The van der Waals surface area contributed by atoms with Gasteiger partial charge in [-0.05, 0) is 39.2 Å². The summed E-state index contributed by atoms with van der Waals surface area (Å²) in [7, 11) is 0. The van der Waals surface area contributed by atoms with E-state index in [1.54, 1.807) is 19.9 Å². The van der Waals surface area contributed by atoms with Gasteiger partial charge in [-0.2, -0.15) is 0 Å². The third kappa shape index (κ3) is 3.85. The highest BCUT2D eigenvalue weighted by atomic mass is 16.5. The quantitative estimate of drug-likeness (QED) is 0.736. The number of nitrogens with zero attached hydrogens (tertiary/aromatic N) is 3. The Morgan fingerprint density at radius 1 is 1.14 bits per heavy atom. The summed E-state index contributed by atoms with van der Waals surface area (Å²) in [5.74, 6) is -0.382. The third-order valence-corrected chi connectivity index (χ3v) is 5.32. The minimum absolute atomic E-state index is 0.0475. The molecule has 4 rings (SSSR count). The van der Waals surface area contributed by atoms with Crippen LogP contribution >= 0.6 is 0 Å². The van der Waals surface area contributed by atoms with Crippen molar-refractivity contribution >= 4 is 22.9 Å². The van der Waals surface area contributed by atoms with Gasteiger partial charge in [0.05, 0.1) is 22.3 Å². The number of carbonyl (C=O) groups is 2. The second-order valence-electron chi connectivity index (χ2n) is 7.45. The summed E-state index contributed by atoms with van der Waals surface area (Å²) in [6.07, 6.45) is 3.17. The minimum Gasteiger partial charge on any atom is -0.341 e. The van der Waals surface area contributed by atoms with E-state index in [-0.39, 0.29) is 11.8 Å². The molecule has 0 radical (unpaired) electrons. The van der Waals surface area contributed by atoms with Gasteiger partial charge in [0.25, 0.3) is 11.6 Å². The van der Waals surface area contributed by atoms with Gasteiger partial charge >= 0.3 is 0 Å². The summed E-state index contributed by atoms with van der Waals surface area (Å²) in [5, 5.41) is 7.39. The molecule has 1 aliphatic rings. The Morgan fingerprint density at radius 2 is 1.86 bits per heavy atom. The number of pyridine rings is 1. The first-order valence-electron chi connectivity index (χ1n) is 9.96. The summed E-state index contributed by atoms with van der Waals surface area (Å²) in [5.41, 5.74) is 2.80. The minimum atomic E-state index is -0.607. The van der Waals surface area contributed by atoms with Crippen LogP contribution in [0.1, 0.15) is 42.2 Å². The van der Waals surface area contributed by atoms with E-state index in [0.29, 0.717) is 28.1 Å². The molecule has 150 valence electrons. The van der Waals surface area contributed by atoms with Crippen molar-refractivity contribution in [1.82, 2.24) is 20.4 Å². The molecular formula is C22H24N4O3. The predicted octanol–water partition coefficient (Wildman–Crippen LogP) is 3.33. The Balaban J connectivity index is 1.64. The molecule has 0 saturated carbocycles. The number of nitrogens with one attached hydrogen (secondary N) is 1. The molecule has 0 aliphatic carbocycles. The van der Waals surface area contributed by atoms with Crippen molar-refractivity contribution in [1.29, 1.82) is 0 Å². The molecule has 1 aliphatic heterocycles. The van der Waals surface area contributed by atoms with Gasteiger partial charge in [0.2, 0.25) is 5.91 Å². The largest absolute Gasteiger partial charge is 0.341 e. The van der Waals surface area contributed by atoms with Crippen molar-refractivity contribution in [3.63, 3.8) is 0 Å². The molecule has 1 N–H and O–H groups in total. The number of amides is 2. The first-order valence-corrected chi connectivity index (χ1v) is 9.96. The van der Waals surface area contributed by atoms with Crippen LogP contribution < -0.4 is 5.32 Å². The molecule has 2 amide bonds. The van der Waals surface area contributed by atoms with Crippen LogP contribution in [0.2, 0.25) is 0 Å². The van der Waals surface area contributed by atoms with E-state index in [1.807, 2.05) is 35.2 Å². The van der Waals surface area contributed by atoms with E-state index >= 15 is 0 Å². The highest BCUT2D eigenvalue weighted by molar-refractivity contribution is 6.08. The number of hydrogen-bond acceptors (Lipinski definition) is 5. The second-order valence-corrected chi connectivity index (χ2v) is 7.45. The fourth-order valence-electron chi connectivity index (χ4n) is 3.75. The van der Waals surface area contributed by atoms with Crippen LogP contribution in [0.25, 0.3) is 22.4 Å². The standard InChI is InChI=1S/C22H24N4O3/c1-14-19-17(20(27)23-15(2)22(28)26-11-7-4-8-12-26)13-18(24-21(19)29-25-14)16-9-5-3-6-10-16/h3,5-6,9-10,13,15H,4,7-8,11-12H2,1-2H3,(H,23,27)/t15-/m1/s1. The van der Waals surface area contributed by atoms with Gasteiger partial charge in [-0.3, -0.25) is 9.59 Å². The van der Waals surface area contributed by atoms with Gasteiger partial charge < -0.3 is 14.7 Å². The second kappa shape index (κ2) is 8.03. The number of hydrogen-bond donors (Lipinski definition) is 1. The van der Waals surface area contributed by atoms with Gasteiger partial charge in [-0.1, -0.05) is 35.5 Å². The lowest BCUT2D eigenvalue weighted by atomic mass is 10.0. The van der Waals surface area contributed by atoms with Crippen LogP contribution in [0, 0.1) is 6.92 Å². The lowest BCUT2D eigenvalue weighted by Gasteiger charge is -2.29. The topological polar surface area (TPSA) is 88.3 Å². The lowest BCUT2D eigenvalue weighted by molar-refractivity contribution is -0.133. The van der Waals surface area contributed by atoms with Crippen LogP contribution in [0.15, 0.2) is 40.9 Å². The van der Waals surface area contributed by atoms with Crippen molar-refractivity contribution in [2.45, 2.75) is 39.2 Å². The number of likely N-dealkylation sites (tertiary alicyclic amines) is 1. The fraction of sp³-hybridized carbons (Fsp3) is 0.364. The van der Waals surface area contributed by atoms with E-state index in [9.17, 15) is 9.59 Å². The Kier molecular flexibility index (Phi) is 5.29. The number of benzene rings is 1. The molecule has 0 bridgehead atoms. The zero-order valence-corrected chi connectivity index (χ0v) is 16.6. The smallest absolute Gasteiger partial charge is 0.259 e. The molecule has 0 spiro atoms. The van der Waals surface area contributed by atoms with E-state index in [2.05, 4.69) is 15.5 Å². The molecule has 1 aromatic carbocycles. The normalized spacial score (nSPS) is 15.3. The molecule has 29 heavy (non-hydrogen) atoms. The van der Waals surface area contributed by atoms with Gasteiger partial charge in [0.1, 0.15) is 6.04 Å². The third-order valence-electron chi connectivity index (χ3n) is 5.32. The van der Waals surface area contributed by atoms with Gasteiger partial charge in [0.15, 0.2) is 0 Å². The summed E-state index contributed by atoms with van der Waals surface area (Å²) in [6.45, 7) is 5.00. The summed E-state index contributed by atoms with van der Waals surface area (Å²) in [6, 6.07) is 10.7. The average Bonchev–Trinajstić information content (AvgIpc) is 3.14. The van der Waals surface area contributed by atoms with Crippen LogP contribution in [0.3, 0.4) is 0 Å². The number of aryl methyl sites for hydroxylation is 1. The molecular weight excluding hydrogens is 368 g/mol. The van der Waals surface area contributed by atoms with Crippen molar-refractivity contribution in [2.75, 3.05) is 13.1 Å². The SMILES string of the molecule is Cc1noc2nc(-c3ccccc3)cc(C(=O)N[C@H](C)C(=O)N3CCCCC3)c12. The Morgan fingerprint density at radius 3 is 2.59 bits per heavy atom. The van der Waals surface area contributed by atoms with Crippen LogP contribution in [-0.4, -0.2) is 46.0 Å². The zero-order chi connectivity index (χ0) is 20.4. The first kappa shape index (κ1) is 19.1. The fourth-order valence-corrected chi connectivity index (χ4v) is 3.75. The molecule has 1 saturated heterocycles. The molecule has 3 aromatic rings. The molecule has 7 nitrogen and oxygen atoms in total. The van der Waals surface area contributed by atoms with Crippen molar-refractivity contribution in [3.05, 3.63) is 47.7 Å². The maximum absolute atomic E-state index is 13.1. The molecule has 0 unspecified atom stereocenters. The Hall–Kier alpha value is -3.22. The summed E-state index contributed by atoms with van der Waals surface area (Å²) < 4.78 is 5.33. The van der Waals surface area contributed by atoms with Gasteiger partial charge in [-0.25, -0.2) is 4.98 Å². The molecule has 7 heteroatoms. The van der Waals surface area contributed by atoms with Crippen molar-refractivity contribution < 1.29 is 14.1 Å². The van der Waals surface area contributed by atoms with Crippen molar-refractivity contribution in [3.8, 4) is 11.3 Å². The number of aromatic nitrogens is 2. The predicted molar refractivity (Wildman–Crippen MR) is 109 cm³/mol. The summed E-state index contributed by atoms with van der Waals surface area (Å²) in [4.78, 5) is 32.2. The van der Waals surface area contributed by atoms with Crippen molar-refractivity contribution in [2.24, 2.45) is 0 Å². The molecule has 1 atom stereocenters. The van der Waals surface area contributed by atoms with Crippen LogP contribution in [0.4, 0.5) is 0 Å². The zero-order valence-electron chi connectivity index (χ0n) is 16.6. The average molecular weight is 392 g/mol. The number of carbonyl (C=O) groups excluding carboxylic acids is 2. The summed E-state index contributed by atoms with van der Waals surface area (Å²) >= 11 is 0. The number of rotatable bonds is 4. The maximum Gasteiger partial charge on any atom is 0.259 e. The maximum atomic E-state index is 13.1. The van der Waals surface area contributed by atoms with E-state index in [1.165, 1.54) is 0 Å². The number of piperidine rings is 1. The van der Waals surface area contributed by atoms with Gasteiger partial charge in [0, 0.05) is 18.7 Å². The Labute approximate surface area is 169 Å². The van der Waals surface area contributed by atoms with Crippen LogP contribution in [-0.2, 0) is 4.79 Å². The Bertz CT molecular complexity index is 1040. The van der Waals surface area contributed by atoms with Gasteiger partial charge in [-0.15, -0.1) is 0 Å². The highest BCUT2D eigenvalue weighted by Crippen LogP contribution is 2.27. The number of fused-ring (bicyclic) bond motifs is 1. The molecule has 2 aromatic heterocycles. The highest BCUT2D eigenvalue weighted by Gasteiger charge is 2.26.